The average molecular weight is 518 g/mol. The average Bonchev–Trinajstić information content (AvgIpc) is 2.84. The number of pyridine rings is 1. The highest BCUT2D eigenvalue weighted by Crippen LogP contribution is 2.37. The SMILES string of the molecule is CC(C)Oc1cc2c(cc1CC1=C(F)C(Cl)CC=C1)c(=O)c(C(=O)O)cn2C(CO)C1CCCCC1. The van der Waals surface area contributed by atoms with Crippen molar-refractivity contribution in [3.63, 3.8) is 0 Å². The van der Waals surface area contributed by atoms with Crippen molar-refractivity contribution in [1.29, 1.82) is 0 Å². The predicted octanol–water partition coefficient (Wildman–Crippen LogP) is 5.93. The summed E-state index contributed by atoms with van der Waals surface area (Å²) in [6.45, 7) is 3.58. The van der Waals surface area contributed by atoms with Crippen LogP contribution in [0.5, 0.6) is 5.75 Å². The molecular formula is C28H33ClFNO5. The summed E-state index contributed by atoms with van der Waals surface area (Å²) in [5, 5.41) is 19.7. The van der Waals surface area contributed by atoms with Crippen molar-refractivity contribution >= 4 is 28.5 Å². The molecular weight excluding hydrogens is 485 g/mol. The minimum Gasteiger partial charge on any atom is -0.491 e. The number of alkyl halides is 1. The van der Waals surface area contributed by atoms with Gasteiger partial charge in [-0.1, -0.05) is 31.4 Å². The minimum absolute atomic E-state index is 0.145. The lowest BCUT2D eigenvalue weighted by Crippen LogP contribution is -2.28. The fourth-order valence-electron chi connectivity index (χ4n) is 5.40. The Morgan fingerprint density at radius 3 is 2.61 bits per heavy atom. The van der Waals surface area contributed by atoms with Crippen molar-refractivity contribution in [2.24, 2.45) is 5.92 Å². The predicted molar refractivity (Wildman–Crippen MR) is 139 cm³/mol. The van der Waals surface area contributed by atoms with Gasteiger partial charge < -0.3 is 19.5 Å². The topological polar surface area (TPSA) is 88.8 Å². The van der Waals surface area contributed by atoms with E-state index in [-0.39, 0.29) is 42.0 Å². The van der Waals surface area contributed by atoms with E-state index in [1.165, 1.54) is 6.20 Å². The van der Waals surface area contributed by atoms with Crippen LogP contribution in [0, 0.1) is 5.92 Å². The number of fused-ring (bicyclic) bond motifs is 1. The van der Waals surface area contributed by atoms with Crippen LogP contribution >= 0.6 is 11.6 Å². The van der Waals surface area contributed by atoms with Crippen LogP contribution in [0.2, 0.25) is 0 Å². The number of aromatic carboxylic acids is 1. The molecule has 8 heteroatoms. The summed E-state index contributed by atoms with van der Waals surface area (Å²) >= 11 is 6.12. The molecule has 1 aromatic heterocycles. The third-order valence-corrected chi connectivity index (χ3v) is 7.54. The number of carboxylic acids is 1. The molecule has 36 heavy (non-hydrogen) atoms. The Hall–Kier alpha value is -2.64. The smallest absolute Gasteiger partial charge is 0.341 e. The number of rotatable bonds is 8. The van der Waals surface area contributed by atoms with Gasteiger partial charge in [0.15, 0.2) is 0 Å². The summed E-state index contributed by atoms with van der Waals surface area (Å²) in [7, 11) is 0. The number of aliphatic hydroxyl groups is 1. The number of carbonyl (C=O) groups is 1. The number of halogens is 2. The van der Waals surface area contributed by atoms with E-state index in [0.29, 0.717) is 28.8 Å². The zero-order valence-corrected chi connectivity index (χ0v) is 21.4. The van der Waals surface area contributed by atoms with Crippen molar-refractivity contribution in [3.8, 4) is 5.75 Å². The molecule has 1 aromatic carbocycles. The molecule has 2 N–H and O–H groups in total. The highest BCUT2D eigenvalue weighted by molar-refractivity contribution is 6.22. The maximum absolute atomic E-state index is 14.8. The van der Waals surface area contributed by atoms with Gasteiger partial charge >= 0.3 is 5.97 Å². The third kappa shape index (κ3) is 5.37. The first-order valence-electron chi connectivity index (χ1n) is 12.6. The fourth-order valence-corrected chi connectivity index (χ4v) is 5.64. The molecule has 0 radical (unpaired) electrons. The van der Waals surface area contributed by atoms with Crippen molar-refractivity contribution < 1.29 is 24.1 Å². The Morgan fingerprint density at radius 1 is 1.25 bits per heavy atom. The van der Waals surface area contributed by atoms with Gasteiger partial charge in [0.05, 0.1) is 29.6 Å². The van der Waals surface area contributed by atoms with Gasteiger partial charge in [0.25, 0.3) is 0 Å². The maximum atomic E-state index is 14.8. The van der Waals surface area contributed by atoms with E-state index in [1.54, 1.807) is 22.8 Å². The van der Waals surface area contributed by atoms with Crippen molar-refractivity contribution in [2.45, 2.75) is 76.3 Å². The van der Waals surface area contributed by atoms with Crippen molar-refractivity contribution in [2.75, 3.05) is 6.61 Å². The molecule has 1 heterocycles. The Labute approximate surface area is 215 Å². The number of aliphatic hydroxyl groups excluding tert-OH is 1. The van der Waals surface area contributed by atoms with E-state index in [9.17, 15) is 24.2 Å². The number of benzene rings is 1. The molecule has 2 atom stereocenters. The van der Waals surface area contributed by atoms with Gasteiger partial charge in [-0.15, -0.1) is 11.6 Å². The Balaban J connectivity index is 1.94. The molecule has 1 fully saturated rings. The number of allylic oxidation sites excluding steroid dienone is 4. The minimum atomic E-state index is -1.33. The van der Waals surface area contributed by atoms with Gasteiger partial charge in [-0.25, -0.2) is 9.18 Å². The molecule has 2 aromatic rings. The second kappa shape index (κ2) is 11.2. The first-order chi connectivity index (χ1) is 17.2. The molecule has 2 aliphatic carbocycles. The summed E-state index contributed by atoms with van der Waals surface area (Å²) in [4.78, 5) is 25.3. The zero-order valence-electron chi connectivity index (χ0n) is 20.7. The molecule has 0 saturated heterocycles. The van der Waals surface area contributed by atoms with Crippen LogP contribution in [0.4, 0.5) is 4.39 Å². The second-order valence-corrected chi connectivity index (χ2v) is 10.6. The summed E-state index contributed by atoms with van der Waals surface area (Å²) < 4.78 is 22.6. The van der Waals surface area contributed by atoms with E-state index in [4.69, 9.17) is 16.3 Å². The normalized spacial score (nSPS) is 19.8. The van der Waals surface area contributed by atoms with Crippen LogP contribution in [-0.2, 0) is 6.42 Å². The van der Waals surface area contributed by atoms with Crippen LogP contribution in [-0.4, -0.2) is 38.8 Å². The fraction of sp³-hybridized carbons (Fsp3) is 0.500. The summed E-state index contributed by atoms with van der Waals surface area (Å²) in [6, 6.07) is 2.97. The molecule has 0 aliphatic heterocycles. The first-order valence-corrected chi connectivity index (χ1v) is 13.1. The highest BCUT2D eigenvalue weighted by Gasteiger charge is 2.28. The van der Waals surface area contributed by atoms with E-state index in [0.717, 1.165) is 32.1 Å². The van der Waals surface area contributed by atoms with Crippen molar-refractivity contribution in [3.05, 3.63) is 63.2 Å². The van der Waals surface area contributed by atoms with Crippen molar-refractivity contribution in [1.82, 2.24) is 4.57 Å². The number of nitrogens with zero attached hydrogens (tertiary/aromatic N) is 1. The van der Waals surface area contributed by atoms with E-state index < -0.39 is 22.6 Å². The molecule has 0 amide bonds. The van der Waals surface area contributed by atoms with Crippen LogP contribution in [0.15, 0.2) is 46.7 Å². The van der Waals surface area contributed by atoms with Gasteiger partial charge in [-0.05, 0) is 56.2 Å². The number of carboxylic acid groups (broad SMARTS) is 1. The highest BCUT2D eigenvalue weighted by atomic mass is 35.5. The molecule has 1 saturated carbocycles. The van der Waals surface area contributed by atoms with Crippen LogP contribution in [0.25, 0.3) is 10.9 Å². The van der Waals surface area contributed by atoms with E-state index >= 15 is 0 Å². The Bertz CT molecular complexity index is 1260. The first kappa shape index (κ1) is 26.4. The van der Waals surface area contributed by atoms with Gasteiger partial charge in [-0.3, -0.25) is 4.79 Å². The monoisotopic (exact) mass is 517 g/mol. The maximum Gasteiger partial charge on any atom is 0.341 e. The molecule has 194 valence electrons. The number of ether oxygens (including phenoxy) is 1. The number of aromatic nitrogens is 1. The van der Waals surface area contributed by atoms with Gasteiger partial charge in [0, 0.05) is 24.1 Å². The Morgan fingerprint density at radius 2 is 1.97 bits per heavy atom. The molecule has 4 rings (SSSR count). The number of hydrogen-bond donors (Lipinski definition) is 2. The number of hydrogen-bond acceptors (Lipinski definition) is 4. The van der Waals surface area contributed by atoms with Crippen LogP contribution in [0.3, 0.4) is 0 Å². The lowest BCUT2D eigenvalue weighted by molar-refractivity contribution is 0.0693. The molecule has 0 spiro atoms. The van der Waals surface area contributed by atoms with Gasteiger partial charge in [0.2, 0.25) is 5.43 Å². The largest absolute Gasteiger partial charge is 0.491 e. The Kier molecular flexibility index (Phi) is 8.20. The van der Waals surface area contributed by atoms with E-state index in [2.05, 4.69) is 0 Å². The molecule has 0 bridgehead atoms. The van der Waals surface area contributed by atoms with Crippen LogP contribution < -0.4 is 10.2 Å². The van der Waals surface area contributed by atoms with Gasteiger partial charge in [0.1, 0.15) is 17.1 Å². The summed E-state index contributed by atoms with van der Waals surface area (Å²) in [5.41, 5.74) is 0.498. The molecule has 2 unspecified atom stereocenters. The zero-order chi connectivity index (χ0) is 26.0. The molecule has 2 aliphatic rings. The quantitative estimate of drug-likeness (QED) is 0.423. The third-order valence-electron chi connectivity index (χ3n) is 7.17. The van der Waals surface area contributed by atoms with E-state index in [1.807, 2.05) is 19.9 Å². The second-order valence-electron chi connectivity index (χ2n) is 10.0. The summed E-state index contributed by atoms with van der Waals surface area (Å²) in [6.07, 6.45) is 10.3. The standard InChI is InChI=1S/C28H33ClFNO5/c1-16(2)36-25-13-23-20(12-19(25)11-18-9-6-10-22(29)26(18)30)27(33)21(28(34)35)14-31(23)24(15-32)17-7-4-3-5-8-17/h6,9,12-14,16-17,22,24,32H,3-5,7-8,10-11,15H2,1-2H3,(H,34,35). The summed E-state index contributed by atoms with van der Waals surface area (Å²) in [5.74, 6) is -1.09. The lowest BCUT2D eigenvalue weighted by Gasteiger charge is -2.32. The van der Waals surface area contributed by atoms with Crippen LogP contribution in [0.1, 0.15) is 74.3 Å². The molecule has 6 nitrogen and oxygen atoms in total. The lowest BCUT2D eigenvalue weighted by atomic mass is 9.83. The van der Waals surface area contributed by atoms with Gasteiger partial charge in [-0.2, -0.15) is 0 Å².